The number of nitrogens with zero attached hydrogens (tertiary/aromatic N) is 3. The van der Waals surface area contributed by atoms with Crippen molar-refractivity contribution in [2.45, 2.75) is 38.8 Å². The van der Waals surface area contributed by atoms with Gasteiger partial charge in [0.25, 0.3) is 0 Å². The molecule has 8 nitrogen and oxygen atoms in total. The molecule has 3 heterocycles. The van der Waals surface area contributed by atoms with Gasteiger partial charge in [-0.3, -0.25) is 0 Å². The van der Waals surface area contributed by atoms with Gasteiger partial charge in [0, 0.05) is 31.2 Å². The first-order chi connectivity index (χ1) is 15.9. The van der Waals surface area contributed by atoms with Crippen molar-refractivity contribution in [1.82, 2.24) is 15.3 Å². The Kier molecular flexibility index (Phi) is 6.63. The summed E-state index contributed by atoms with van der Waals surface area (Å²) in [4.78, 5) is 23.0. The van der Waals surface area contributed by atoms with Gasteiger partial charge in [-0.2, -0.15) is 0 Å². The number of hydrogen-bond donors (Lipinski definition) is 2. The summed E-state index contributed by atoms with van der Waals surface area (Å²) in [6.45, 7) is 7.01. The van der Waals surface area contributed by atoms with E-state index in [0.29, 0.717) is 18.2 Å². The van der Waals surface area contributed by atoms with Crippen LogP contribution >= 0.6 is 0 Å². The number of ether oxygens (including phenoxy) is 2. The number of hydrogen-bond acceptors (Lipinski definition) is 7. The van der Waals surface area contributed by atoms with E-state index in [9.17, 15) is 4.79 Å². The van der Waals surface area contributed by atoms with Crippen molar-refractivity contribution in [2.24, 2.45) is 0 Å². The number of aromatic nitrogens is 2. The Bertz CT molecular complexity index is 1070. The van der Waals surface area contributed by atoms with Gasteiger partial charge in [0.1, 0.15) is 22.9 Å². The molecule has 1 fully saturated rings. The number of nitrogens with one attached hydrogen (secondary N) is 2. The zero-order valence-electron chi connectivity index (χ0n) is 19.1. The Hall–Kier alpha value is -3.81. The lowest BCUT2D eigenvalue weighted by Gasteiger charge is -2.23. The highest BCUT2D eigenvalue weighted by molar-refractivity contribution is 5.68. The van der Waals surface area contributed by atoms with Gasteiger partial charge in [-0.15, -0.1) is 0 Å². The van der Waals surface area contributed by atoms with Crippen LogP contribution in [0.3, 0.4) is 0 Å². The number of alkyl carbamates (subject to hydrolysis) is 1. The smallest absolute Gasteiger partial charge is 0.407 e. The van der Waals surface area contributed by atoms with Crippen molar-refractivity contribution >= 4 is 23.3 Å². The molecule has 0 unspecified atom stereocenters. The number of amides is 1. The Morgan fingerprint density at radius 1 is 1.03 bits per heavy atom. The maximum atomic E-state index is 12.1. The zero-order chi connectivity index (χ0) is 23.3. The Balaban J connectivity index is 1.38. The maximum Gasteiger partial charge on any atom is 0.407 e. The average Bonchev–Trinajstić information content (AvgIpc) is 3.23. The van der Waals surface area contributed by atoms with E-state index in [2.05, 4.69) is 25.5 Å². The summed E-state index contributed by atoms with van der Waals surface area (Å²) in [6.07, 6.45) is 3.88. The highest BCUT2D eigenvalue weighted by Crippen LogP contribution is 2.32. The zero-order valence-corrected chi connectivity index (χ0v) is 19.1. The minimum Gasteiger partial charge on any atom is -0.444 e. The second-order valence-corrected chi connectivity index (χ2v) is 8.87. The third kappa shape index (κ3) is 6.35. The summed E-state index contributed by atoms with van der Waals surface area (Å²) in [6, 6.07) is 17.2. The monoisotopic (exact) mass is 447 g/mol. The lowest BCUT2D eigenvalue weighted by Crippen LogP contribution is -2.40. The molecule has 172 valence electrons. The third-order valence-electron chi connectivity index (χ3n) is 5.01. The molecule has 0 bridgehead atoms. The summed E-state index contributed by atoms with van der Waals surface area (Å²) in [5.41, 5.74) is 1.29. The van der Waals surface area contributed by atoms with Gasteiger partial charge < -0.3 is 25.0 Å². The second kappa shape index (κ2) is 9.77. The van der Waals surface area contributed by atoms with Gasteiger partial charge in [-0.05, 0) is 75.7 Å². The van der Waals surface area contributed by atoms with Crippen LogP contribution in [0.15, 0.2) is 67.0 Å². The largest absolute Gasteiger partial charge is 0.444 e. The fourth-order valence-corrected chi connectivity index (χ4v) is 3.58. The molecule has 3 aromatic rings. The molecule has 2 N–H and O–H groups in total. The fourth-order valence-electron chi connectivity index (χ4n) is 3.58. The maximum absolute atomic E-state index is 12.1. The molecule has 1 saturated heterocycles. The first kappa shape index (κ1) is 22.4. The Morgan fingerprint density at radius 3 is 2.55 bits per heavy atom. The van der Waals surface area contributed by atoms with Gasteiger partial charge in [-0.1, -0.05) is 6.07 Å². The highest BCUT2D eigenvalue weighted by Gasteiger charge is 2.28. The first-order valence-electron chi connectivity index (χ1n) is 11.0. The topological polar surface area (TPSA) is 88.6 Å². The average molecular weight is 448 g/mol. The van der Waals surface area contributed by atoms with Crippen molar-refractivity contribution in [1.29, 1.82) is 0 Å². The summed E-state index contributed by atoms with van der Waals surface area (Å²) in [5, 5.41) is 6.20. The molecular formula is C25H29N5O3. The van der Waals surface area contributed by atoms with Crippen molar-refractivity contribution in [2.75, 3.05) is 23.3 Å². The van der Waals surface area contributed by atoms with Crippen molar-refractivity contribution < 1.29 is 14.3 Å². The van der Waals surface area contributed by atoms with Crippen LogP contribution in [-0.2, 0) is 4.74 Å². The van der Waals surface area contributed by atoms with Crippen molar-refractivity contribution in [3.8, 4) is 11.6 Å². The van der Waals surface area contributed by atoms with Gasteiger partial charge in [-0.25, -0.2) is 14.8 Å². The molecule has 0 saturated carbocycles. The Labute approximate surface area is 194 Å². The molecule has 1 aromatic carbocycles. The molecule has 2 aromatic heterocycles. The van der Waals surface area contributed by atoms with Crippen LogP contribution in [0.5, 0.6) is 11.6 Å². The molecule has 4 rings (SSSR count). The van der Waals surface area contributed by atoms with E-state index in [-0.39, 0.29) is 6.04 Å². The summed E-state index contributed by atoms with van der Waals surface area (Å²) in [5.74, 6) is 1.99. The minimum absolute atomic E-state index is 0.00450. The molecule has 0 spiro atoms. The molecule has 8 heteroatoms. The molecule has 33 heavy (non-hydrogen) atoms. The number of benzene rings is 1. The van der Waals surface area contributed by atoms with Crippen LogP contribution < -0.4 is 20.3 Å². The minimum atomic E-state index is -0.518. The van der Waals surface area contributed by atoms with Gasteiger partial charge >= 0.3 is 6.09 Å². The first-order valence-corrected chi connectivity index (χ1v) is 11.0. The second-order valence-electron chi connectivity index (χ2n) is 8.87. The van der Waals surface area contributed by atoms with Gasteiger partial charge in [0.15, 0.2) is 0 Å². The summed E-state index contributed by atoms with van der Waals surface area (Å²) < 4.78 is 11.5. The van der Waals surface area contributed by atoms with Gasteiger partial charge in [0.2, 0.25) is 5.88 Å². The highest BCUT2D eigenvalue weighted by atomic mass is 16.6. The van der Waals surface area contributed by atoms with E-state index < -0.39 is 11.7 Å². The Morgan fingerprint density at radius 2 is 1.82 bits per heavy atom. The quantitative estimate of drug-likeness (QED) is 0.542. The third-order valence-corrected chi connectivity index (χ3v) is 5.01. The number of anilines is 3. The lowest BCUT2D eigenvalue weighted by atomic mass is 10.2. The SMILES string of the molecule is CC(C)(C)OC(=O)N[C@H]1CCN(c2cccnc2Oc2ccc(Nc3ccccn3)cc2)C1. The number of carbonyl (C=O) groups is 1. The van der Waals surface area contributed by atoms with Crippen LogP contribution in [0.1, 0.15) is 27.2 Å². The van der Waals surface area contributed by atoms with Crippen LogP contribution in [0.4, 0.5) is 22.0 Å². The fraction of sp³-hybridized carbons (Fsp3) is 0.320. The van der Waals surface area contributed by atoms with E-state index in [1.165, 1.54) is 0 Å². The molecule has 1 aliphatic heterocycles. The molecular weight excluding hydrogens is 418 g/mol. The molecule has 1 atom stereocenters. The van der Waals surface area contributed by atoms with E-state index in [4.69, 9.17) is 9.47 Å². The predicted octanol–water partition coefficient (Wildman–Crippen LogP) is 5.12. The van der Waals surface area contributed by atoms with E-state index in [1.807, 2.05) is 75.4 Å². The number of carbonyl (C=O) groups excluding carboxylic acids is 1. The summed E-state index contributed by atoms with van der Waals surface area (Å²) in [7, 11) is 0. The van der Waals surface area contributed by atoms with Crippen LogP contribution in [0.25, 0.3) is 0 Å². The van der Waals surface area contributed by atoms with Crippen LogP contribution in [0, 0.1) is 0 Å². The predicted molar refractivity (Wildman–Crippen MR) is 128 cm³/mol. The van der Waals surface area contributed by atoms with Crippen molar-refractivity contribution in [3.05, 3.63) is 67.0 Å². The number of rotatable bonds is 6. The van der Waals surface area contributed by atoms with Gasteiger partial charge in [0.05, 0.1) is 6.04 Å². The van der Waals surface area contributed by atoms with E-state index in [1.54, 1.807) is 12.4 Å². The lowest BCUT2D eigenvalue weighted by molar-refractivity contribution is 0.0509. The molecule has 1 amide bonds. The van der Waals surface area contributed by atoms with E-state index >= 15 is 0 Å². The van der Waals surface area contributed by atoms with E-state index in [0.717, 1.165) is 30.2 Å². The molecule has 0 radical (unpaired) electrons. The number of pyridine rings is 2. The van der Waals surface area contributed by atoms with Crippen LogP contribution in [0.2, 0.25) is 0 Å². The molecule has 0 aliphatic carbocycles. The normalized spacial score (nSPS) is 15.7. The van der Waals surface area contributed by atoms with Crippen molar-refractivity contribution in [3.63, 3.8) is 0 Å². The molecule has 1 aliphatic rings. The standard InChI is InChI=1S/C25H29N5O3/c1-25(2,3)33-24(31)29-19-13-16-30(17-19)21-7-6-15-27-23(21)32-20-11-9-18(10-12-20)28-22-8-4-5-14-26-22/h4-12,14-15,19H,13,16-17H2,1-3H3,(H,26,28)(H,29,31)/t19-/m0/s1. The summed E-state index contributed by atoms with van der Waals surface area (Å²) >= 11 is 0. The van der Waals surface area contributed by atoms with Crippen LogP contribution in [-0.4, -0.2) is 40.8 Å².